The first-order valence-corrected chi connectivity index (χ1v) is 35.7. The van der Waals surface area contributed by atoms with Crippen LogP contribution in [-0.4, -0.2) is 58.7 Å². The van der Waals surface area contributed by atoms with Crippen molar-refractivity contribution in [1.29, 1.82) is 0 Å². The Morgan fingerprint density at radius 2 is 0.775 bits per heavy atom. The normalized spacial score (nSPS) is 17.3. The average Bonchev–Trinajstić information content (AvgIpc) is 1.40. The first-order chi connectivity index (χ1) is 48.2. The van der Waals surface area contributed by atoms with E-state index in [0.29, 0.717) is 53.6 Å². The van der Waals surface area contributed by atoms with E-state index in [1.54, 1.807) is 28.0 Å². The highest BCUT2D eigenvalue weighted by atomic mass is 35.5. The maximum absolute atomic E-state index is 14.7. The Labute approximate surface area is 606 Å². The molecule has 5 atom stereocenters. The summed E-state index contributed by atoms with van der Waals surface area (Å²) in [7, 11) is 1.53. The molecule has 1 unspecified atom stereocenters. The van der Waals surface area contributed by atoms with Crippen molar-refractivity contribution >= 4 is 29.9 Å². The summed E-state index contributed by atoms with van der Waals surface area (Å²) in [6, 6.07) is 47.0. The molecule has 9 aromatic rings. The lowest BCUT2D eigenvalue weighted by molar-refractivity contribution is 0.129. The van der Waals surface area contributed by atoms with E-state index < -0.39 is 0 Å². The maximum atomic E-state index is 14.7. The van der Waals surface area contributed by atoms with E-state index in [1.807, 2.05) is 125 Å². The van der Waals surface area contributed by atoms with Crippen LogP contribution in [0, 0.1) is 86.7 Å². The number of rotatable bonds is 16. The minimum absolute atomic E-state index is 0.00234. The fourth-order valence-corrected chi connectivity index (χ4v) is 14.9. The highest BCUT2D eigenvalue weighted by Crippen LogP contribution is 2.43. The predicted octanol–water partition coefficient (Wildman–Crippen LogP) is 23.5. The van der Waals surface area contributed by atoms with Crippen LogP contribution in [0.5, 0.6) is 5.75 Å². The van der Waals surface area contributed by atoms with Crippen molar-refractivity contribution in [2.75, 3.05) is 13.7 Å². The van der Waals surface area contributed by atoms with Gasteiger partial charge >= 0.3 is 18.3 Å². The lowest BCUT2D eigenvalue weighted by Crippen LogP contribution is -2.31. The molecule has 9 aromatic carbocycles. The van der Waals surface area contributed by atoms with Gasteiger partial charge in [-0.3, -0.25) is 14.7 Å². The number of cyclic esters (lactones) is 3. The maximum Gasteiger partial charge on any atom is 0.411 e. The number of halogens is 4. The van der Waals surface area contributed by atoms with Crippen LogP contribution in [0.4, 0.5) is 27.6 Å². The highest BCUT2D eigenvalue weighted by molar-refractivity contribution is 6.30. The molecule has 3 aliphatic heterocycles. The first-order valence-electron chi connectivity index (χ1n) is 35.4. The molecule has 14 heteroatoms. The summed E-state index contributed by atoms with van der Waals surface area (Å²) in [5.41, 5.74) is 24.5. The summed E-state index contributed by atoms with van der Waals surface area (Å²) >= 11 is 6.38. The molecule has 3 heterocycles. The Kier molecular flexibility index (Phi) is 23.3. The Hall–Kier alpha value is -9.33. The molecule has 12 rings (SSSR count). The van der Waals surface area contributed by atoms with Crippen LogP contribution in [0.15, 0.2) is 146 Å². The summed E-state index contributed by atoms with van der Waals surface area (Å²) in [6.07, 6.45) is -1.92. The van der Waals surface area contributed by atoms with Crippen LogP contribution in [0.1, 0.15) is 197 Å². The minimum atomic E-state index is -0.374. The van der Waals surface area contributed by atoms with Gasteiger partial charge in [0.25, 0.3) is 0 Å². The van der Waals surface area contributed by atoms with Crippen molar-refractivity contribution in [1.82, 2.24) is 14.7 Å². The number of aryl methyl sites for hydroxylation is 10. The third kappa shape index (κ3) is 16.9. The molecule has 0 saturated carbocycles. The second-order valence-electron chi connectivity index (χ2n) is 29.4. The molecule has 102 heavy (non-hydrogen) atoms. The van der Waals surface area contributed by atoms with Crippen LogP contribution in [0.3, 0.4) is 0 Å². The van der Waals surface area contributed by atoms with E-state index >= 15 is 0 Å². The SMILES string of the molecule is COc1cc(F)c(C(C)C)cc1-c1ccc(Cl)cc1CN1C(=O)O[C@H](c2cc(C)cc(C)c2)[C@@H]1C.Cc1cc(C)cc(C2CN(Cc3cc(C)ccc3-c3cc(C(C)C)c(F)cc3C)C(=O)O2)c1.Cc1cc(C)cc([C@H]2OC(=O)N(Cc3cc(C)ccc3-c3cc(C(C)C)c(F)cc3C)[C@H]2C)c1. The second-order valence-corrected chi connectivity index (χ2v) is 29.8. The first kappa shape index (κ1) is 75.3. The van der Waals surface area contributed by atoms with Gasteiger partial charge in [0.15, 0.2) is 0 Å². The number of benzene rings is 9. The van der Waals surface area contributed by atoms with Crippen LogP contribution < -0.4 is 4.74 Å². The number of hydrogen-bond acceptors (Lipinski definition) is 7. The monoisotopic (exact) mass is 1400 g/mol. The van der Waals surface area contributed by atoms with Gasteiger partial charge in [-0.15, -0.1) is 0 Å². The van der Waals surface area contributed by atoms with Gasteiger partial charge in [-0.25, -0.2) is 27.6 Å². The molecule has 0 aromatic heterocycles. The number of methoxy groups -OCH3 is 1. The minimum Gasteiger partial charge on any atom is -0.496 e. The largest absolute Gasteiger partial charge is 0.496 e. The highest BCUT2D eigenvalue weighted by Gasteiger charge is 2.42. The quantitative estimate of drug-likeness (QED) is 0.0889. The summed E-state index contributed by atoms with van der Waals surface area (Å²) < 4.78 is 66.7. The van der Waals surface area contributed by atoms with E-state index in [0.717, 1.165) is 122 Å². The molecule has 3 saturated heterocycles. The zero-order valence-electron chi connectivity index (χ0n) is 62.5. The molecule has 3 fully saturated rings. The standard InChI is InChI=1S/C30H34FNO2.C29H31ClFNO3.C29H32FNO2/c1-17(2)26-15-27(21(6)14-28(26)31)25-9-8-18(3)11-24(25)16-32-22(7)29(34-30(32)33)23-12-19(4)10-20(5)13-23;1-16(2)24-13-25(27(34-6)14-26(24)31)23-8-7-22(30)12-21(23)15-32-19(5)28(35-29(32)33)20-10-17(3)9-18(4)11-20;1-17(2)25-14-26(21(6)13-27(25)30)24-8-7-18(3)10-23(24)15-31-16-28(33-29(31)32)22-11-19(4)9-20(5)12-22/h8-15,17,22,29H,16H2,1-7H3;7-14,16,19,28H,15H2,1-6H3;7-14,17,28H,15-16H2,1-6H3/t22-,29-;19-,28-;/m00./s1. The smallest absolute Gasteiger partial charge is 0.411 e. The molecule has 0 N–H and O–H groups in total. The molecule has 0 spiro atoms. The topological polar surface area (TPSA) is 97.9 Å². The number of carbonyl (C=O) groups excluding carboxylic acids is 3. The zero-order chi connectivity index (χ0) is 74.0. The number of hydrogen-bond donors (Lipinski definition) is 0. The van der Waals surface area contributed by atoms with Gasteiger partial charge in [-0.2, -0.15) is 0 Å². The summed E-state index contributed by atoms with van der Waals surface area (Å²) in [5.74, 6) is -0.0321. The average molecular weight is 1400 g/mol. The van der Waals surface area contributed by atoms with Crippen molar-refractivity contribution in [3.8, 4) is 39.1 Å². The van der Waals surface area contributed by atoms with Crippen molar-refractivity contribution in [3.05, 3.63) is 274 Å². The van der Waals surface area contributed by atoms with Crippen molar-refractivity contribution in [2.45, 2.75) is 192 Å². The summed E-state index contributed by atoms with van der Waals surface area (Å²) in [5, 5.41) is 0.556. The Morgan fingerprint density at radius 3 is 1.19 bits per heavy atom. The molecule has 0 bridgehead atoms. The predicted molar refractivity (Wildman–Crippen MR) is 404 cm³/mol. The van der Waals surface area contributed by atoms with Gasteiger partial charge in [-0.1, -0.05) is 195 Å². The van der Waals surface area contributed by atoms with E-state index in [1.165, 1.54) is 13.2 Å². The number of carbonyl (C=O) groups is 3. The van der Waals surface area contributed by atoms with Crippen molar-refractivity contribution in [2.24, 2.45) is 0 Å². The lowest BCUT2D eigenvalue weighted by Gasteiger charge is -2.24. The number of amides is 3. The second kappa shape index (κ2) is 31.5. The fraction of sp³-hybridized carbons (Fsp3) is 0.352. The van der Waals surface area contributed by atoms with E-state index in [4.69, 9.17) is 30.5 Å². The van der Waals surface area contributed by atoms with Gasteiger partial charge in [0.05, 0.1) is 38.8 Å². The summed E-state index contributed by atoms with van der Waals surface area (Å²) in [4.78, 5) is 44.0. The third-order valence-electron chi connectivity index (χ3n) is 19.8. The molecule has 534 valence electrons. The van der Waals surface area contributed by atoms with Crippen molar-refractivity contribution in [3.63, 3.8) is 0 Å². The van der Waals surface area contributed by atoms with E-state index in [9.17, 15) is 27.6 Å². The Morgan fingerprint density at radius 1 is 0.412 bits per heavy atom. The zero-order valence-corrected chi connectivity index (χ0v) is 63.3. The van der Waals surface area contributed by atoms with Crippen molar-refractivity contribution < 1.29 is 46.5 Å². The molecule has 0 radical (unpaired) electrons. The van der Waals surface area contributed by atoms with E-state index in [-0.39, 0.29) is 83.9 Å². The van der Waals surface area contributed by atoms with Gasteiger partial charge in [0.1, 0.15) is 41.5 Å². The van der Waals surface area contributed by atoms with Gasteiger partial charge in [-0.05, 0) is 232 Å². The van der Waals surface area contributed by atoms with Crippen LogP contribution >= 0.6 is 11.6 Å². The molecule has 3 amide bonds. The molecule has 10 nitrogen and oxygen atoms in total. The van der Waals surface area contributed by atoms with Gasteiger partial charge < -0.3 is 18.9 Å². The van der Waals surface area contributed by atoms with Gasteiger partial charge in [0.2, 0.25) is 0 Å². The molecular formula is C88H97ClF3N3O7. The number of nitrogens with zero attached hydrogens (tertiary/aromatic N) is 3. The Bertz CT molecular complexity index is 4600. The van der Waals surface area contributed by atoms with Crippen LogP contribution in [0.2, 0.25) is 5.02 Å². The summed E-state index contributed by atoms with van der Waals surface area (Å²) in [6.45, 7) is 37.9. The fourth-order valence-electron chi connectivity index (χ4n) is 14.7. The van der Waals surface area contributed by atoms with E-state index in [2.05, 4.69) is 126 Å². The van der Waals surface area contributed by atoms with Gasteiger partial charge in [0, 0.05) is 23.2 Å². The van der Waals surface area contributed by atoms with Crippen LogP contribution in [0.25, 0.3) is 33.4 Å². The van der Waals surface area contributed by atoms with Crippen LogP contribution in [-0.2, 0) is 33.8 Å². The molecule has 3 aliphatic rings. The Balaban J connectivity index is 0.000000165. The molecule has 0 aliphatic carbocycles. The number of ether oxygens (including phenoxy) is 4. The molecular weight excluding hydrogens is 1300 g/mol. The third-order valence-corrected chi connectivity index (χ3v) is 20.0. The lowest BCUT2D eigenvalue weighted by atomic mass is 9.90.